The van der Waals surface area contributed by atoms with Gasteiger partial charge in [-0.15, -0.1) is 0 Å². The molecule has 3 amide bonds. The number of hydrogen-bond acceptors (Lipinski definition) is 24. The summed E-state index contributed by atoms with van der Waals surface area (Å²) in [5.41, 5.74) is 33.0. The molecule has 9 heterocycles. The molecule has 644 valence electrons. The number of pyridine rings is 5. The summed E-state index contributed by atoms with van der Waals surface area (Å²) in [6, 6.07) is 39.1. The average Bonchev–Trinajstić information content (AvgIpc) is 1.67. The van der Waals surface area contributed by atoms with Gasteiger partial charge in [0, 0.05) is 49.4 Å². The molecule has 6 aromatic carbocycles. The first kappa shape index (κ1) is 86.0. The number of hydrogen-bond donors (Lipinski definition) is 8. The van der Waals surface area contributed by atoms with Gasteiger partial charge in [0.25, 0.3) is 17.7 Å². The number of H-pyrrole nitrogens is 1. The summed E-state index contributed by atoms with van der Waals surface area (Å²) >= 11 is 0. The Hall–Kier alpha value is -14.0. The molecule has 32 heteroatoms. The number of fused-ring (bicyclic) bond motifs is 4. The highest BCUT2D eigenvalue weighted by molar-refractivity contribution is 6.00. The lowest BCUT2D eigenvalue weighted by atomic mass is 9.98. The summed E-state index contributed by atoms with van der Waals surface area (Å²) in [5.74, 6) is 1.03. The average molecular weight is 1700 g/mol. The highest BCUT2D eigenvalue weighted by Crippen LogP contribution is 2.47. The normalized spacial score (nSPS) is 15.2. The number of nitrogens with two attached hydrogens (primary N) is 3. The van der Waals surface area contributed by atoms with Gasteiger partial charge in [-0.25, -0.2) is 43.1 Å². The highest BCUT2D eigenvalue weighted by Gasteiger charge is 2.36. The van der Waals surface area contributed by atoms with E-state index in [9.17, 15) is 43.2 Å². The molecule has 2 unspecified atom stereocenters. The maximum atomic E-state index is 15.1. The standard InChI is InChI=1S/C34H32FN5O5.C25H23FN4O4.C25H25FN4O2.C9H11NO4/c1-19-12-21(4-5-22(19)16-40-10-11-44-29-14-23(20-2-3-20)13-27(35)30(29)34(40)43)26-8-9-36-33-31(26)38-32(39-33)28-7-6-25(15-37-28)45-18-24(42)17-41;1-14-10-16(19-6-7-28-24(27)23(19)30(32)33)4-5-17(14)13-29-8-9-34-21-12-18(15-2-3-15)11-20(26)22(21)25(29)31;1-14-10-16(19-6-7-29-24(28)23(19)27)4-5-17(14)13-30-8-9-32-21-12-18(15-2-3-15)11-20(26)22(21)25(30)31;11-4-7-1-2-9(3-10-7)14-6-8(13)5-12/h4-9,12-15,20,24,41-42H,2-3,10-11,16-18H2,1H3,(H,36,38,39);4-7,10-12,15H,2-3,8-9,13H2,1H3,(H2,27,28);4-7,10-12,15H,2-3,8-9,13,27H2,1H3,(H2,28,29);1-4,8,12-13H,5-6H2. The molecule has 6 aromatic heterocycles. The highest BCUT2D eigenvalue weighted by atomic mass is 19.1. The molecule has 0 radical (unpaired) electrons. The Morgan fingerprint density at radius 3 is 1.34 bits per heavy atom. The van der Waals surface area contributed by atoms with Crippen LogP contribution in [0, 0.1) is 48.3 Å². The van der Waals surface area contributed by atoms with Gasteiger partial charge in [-0.1, -0.05) is 54.6 Å². The quantitative estimate of drug-likeness (QED) is 0.0167. The largest absolute Gasteiger partial charge is 0.491 e. The fourth-order valence-corrected chi connectivity index (χ4v) is 15.0. The molecule has 0 spiro atoms. The van der Waals surface area contributed by atoms with E-state index in [1.54, 1.807) is 63.5 Å². The van der Waals surface area contributed by atoms with Gasteiger partial charge in [0.1, 0.15) is 125 Å². The van der Waals surface area contributed by atoms with Gasteiger partial charge in [0.05, 0.1) is 66.9 Å². The number of aromatic amines is 1. The van der Waals surface area contributed by atoms with Crippen molar-refractivity contribution in [3.05, 3.63) is 264 Å². The van der Waals surface area contributed by atoms with Crippen molar-refractivity contribution in [3.63, 3.8) is 0 Å². The van der Waals surface area contributed by atoms with E-state index in [1.807, 2.05) is 87.5 Å². The molecule has 3 aliphatic carbocycles. The SMILES string of the molecule is Cc1cc(-c2ccnc(N)c2N)ccc1CN1CCOc2cc(C3CC3)cc(F)c2C1=O.Cc1cc(-c2ccnc(N)c2[N+](=O)[O-])ccc1CN1CCOc2cc(C3CC3)cc(F)c2C1=O.Cc1cc(-c2ccnc3nc(-c4ccc(OCC(O)CO)cn4)[nH]c23)ccc1CN1CCOc2cc(C3CC3)cc(F)c2C1=O.O=Cc1ccc(OCC(O)CO)cn1. The number of carbonyl (C=O) groups excluding carboxylic acids is 4. The predicted molar refractivity (Wildman–Crippen MR) is 459 cm³/mol. The van der Waals surface area contributed by atoms with Crippen molar-refractivity contribution in [2.45, 2.75) is 109 Å². The van der Waals surface area contributed by atoms with Crippen LogP contribution in [0.1, 0.15) is 148 Å². The Morgan fingerprint density at radius 2 is 0.936 bits per heavy atom. The summed E-state index contributed by atoms with van der Waals surface area (Å²) in [7, 11) is 0. The molecule has 3 fully saturated rings. The number of halogens is 3. The van der Waals surface area contributed by atoms with E-state index in [2.05, 4.69) is 41.0 Å². The zero-order valence-electron chi connectivity index (χ0n) is 68.6. The number of aliphatic hydroxyl groups is 4. The molecule has 0 bridgehead atoms. The lowest BCUT2D eigenvalue weighted by Gasteiger charge is -2.22. The number of aryl methyl sites for hydroxylation is 3. The number of rotatable bonds is 23. The minimum absolute atomic E-state index is 0.00137. The smallest absolute Gasteiger partial charge is 0.318 e. The molecular formula is C93H91F3N14O15. The maximum absolute atomic E-state index is 15.1. The molecule has 12 aromatic rings. The summed E-state index contributed by atoms with van der Waals surface area (Å²) in [6.45, 7) is 8.01. The zero-order valence-corrected chi connectivity index (χ0v) is 68.6. The van der Waals surface area contributed by atoms with Crippen molar-refractivity contribution >= 4 is 58.2 Å². The number of nitro groups is 1. The number of aldehydes is 1. The summed E-state index contributed by atoms with van der Waals surface area (Å²) in [5, 5.41) is 47.4. The lowest BCUT2D eigenvalue weighted by molar-refractivity contribution is -0.383. The van der Waals surface area contributed by atoms with Crippen LogP contribution in [0.5, 0.6) is 28.7 Å². The number of imidazole rings is 1. The number of nitrogen functional groups attached to an aromatic ring is 3. The number of benzene rings is 6. The number of carbonyl (C=O) groups is 4. The van der Waals surface area contributed by atoms with Crippen molar-refractivity contribution < 1.29 is 81.4 Å². The Morgan fingerprint density at radius 1 is 0.528 bits per heavy atom. The Kier molecular flexibility index (Phi) is 26.0. The molecule has 3 aliphatic heterocycles. The van der Waals surface area contributed by atoms with E-state index >= 15 is 4.39 Å². The first-order chi connectivity index (χ1) is 60.4. The second-order valence-electron chi connectivity index (χ2n) is 31.5. The van der Waals surface area contributed by atoms with Crippen molar-refractivity contribution in [2.75, 3.05) is 83.1 Å². The molecule has 18 rings (SSSR count). The van der Waals surface area contributed by atoms with Crippen LogP contribution in [0.3, 0.4) is 0 Å². The predicted octanol–water partition coefficient (Wildman–Crippen LogP) is 13.3. The van der Waals surface area contributed by atoms with Crippen molar-refractivity contribution in [2.24, 2.45) is 0 Å². The Balaban J connectivity index is 0.000000136. The van der Waals surface area contributed by atoms with Crippen molar-refractivity contribution in [3.8, 4) is 73.6 Å². The lowest BCUT2D eigenvalue weighted by Crippen LogP contribution is -2.32. The molecule has 3 saturated carbocycles. The van der Waals surface area contributed by atoms with Crippen LogP contribution in [0.25, 0.3) is 56.1 Å². The van der Waals surface area contributed by atoms with Gasteiger partial charge < -0.3 is 81.0 Å². The summed E-state index contributed by atoms with van der Waals surface area (Å²) in [4.78, 5) is 94.4. The minimum Gasteiger partial charge on any atom is -0.491 e. The third-order valence-corrected chi connectivity index (χ3v) is 22.5. The Bertz CT molecular complexity index is 6070. The third kappa shape index (κ3) is 19.9. The van der Waals surface area contributed by atoms with E-state index in [4.69, 9.17) is 56.2 Å². The fourth-order valence-electron chi connectivity index (χ4n) is 15.0. The van der Waals surface area contributed by atoms with Crippen LogP contribution >= 0.6 is 0 Å². The number of aromatic nitrogens is 7. The van der Waals surface area contributed by atoms with Crippen LogP contribution < -0.4 is 40.9 Å². The van der Waals surface area contributed by atoms with Crippen LogP contribution in [0.2, 0.25) is 0 Å². The summed E-state index contributed by atoms with van der Waals surface area (Å²) in [6.07, 6.45) is 12.7. The first-order valence-electron chi connectivity index (χ1n) is 40.9. The zero-order chi connectivity index (χ0) is 87.9. The molecule has 6 aliphatic rings. The van der Waals surface area contributed by atoms with E-state index in [-0.39, 0.29) is 79.6 Å². The van der Waals surface area contributed by atoms with Crippen molar-refractivity contribution in [1.29, 1.82) is 0 Å². The molecule has 11 N–H and O–H groups in total. The van der Waals surface area contributed by atoms with Gasteiger partial charge >= 0.3 is 5.69 Å². The number of ether oxygens (including phenoxy) is 5. The minimum atomic E-state index is -0.962. The number of nitrogens with zero attached hydrogens (tertiary/aromatic N) is 10. The molecular weight excluding hydrogens is 1610 g/mol. The van der Waals surface area contributed by atoms with Gasteiger partial charge in [0.15, 0.2) is 17.8 Å². The van der Waals surface area contributed by atoms with Gasteiger partial charge in [-0.05, 0) is 223 Å². The van der Waals surface area contributed by atoms with Crippen LogP contribution in [-0.2, 0) is 19.6 Å². The van der Waals surface area contributed by atoms with Crippen LogP contribution in [0.15, 0.2) is 164 Å². The van der Waals surface area contributed by atoms with Crippen LogP contribution in [-0.4, -0.2) is 177 Å². The number of anilines is 3. The number of aliphatic hydroxyl groups excluding tert-OH is 4. The molecule has 0 saturated heterocycles. The molecule has 29 nitrogen and oxygen atoms in total. The molecule has 125 heavy (non-hydrogen) atoms. The molecule has 2 atom stereocenters. The van der Waals surface area contributed by atoms with Gasteiger partial charge in [-0.2, -0.15) is 0 Å². The van der Waals surface area contributed by atoms with Gasteiger partial charge in [0.2, 0.25) is 5.82 Å². The van der Waals surface area contributed by atoms with E-state index in [0.29, 0.717) is 144 Å². The van der Waals surface area contributed by atoms with Crippen molar-refractivity contribution in [1.82, 2.24) is 49.6 Å². The second-order valence-corrected chi connectivity index (χ2v) is 31.5. The monoisotopic (exact) mass is 1700 g/mol. The number of amides is 3. The first-order valence-corrected chi connectivity index (χ1v) is 40.9. The Labute approximate surface area is 715 Å². The number of nitrogens with one attached hydrogen (secondary N) is 1. The fraction of sp³-hybridized carbons (Fsp3) is 0.290. The van der Waals surface area contributed by atoms with E-state index in [0.717, 1.165) is 116 Å². The topological polar surface area (TPSA) is 419 Å². The van der Waals surface area contributed by atoms with Gasteiger partial charge in [-0.3, -0.25) is 29.3 Å². The third-order valence-electron chi connectivity index (χ3n) is 22.5. The van der Waals surface area contributed by atoms with Crippen LogP contribution in [0.4, 0.5) is 36.2 Å². The van der Waals surface area contributed by atoms with E-state index in [1.165, 1.54) is 42.9 Å². The summed E-state index contributed by atoms with van der Waals surface area (Å²) < 4.78 is 72.9. The van der Waals surface area contributed by atoms with E-state index < -0.39 is 40.5 Å². The second kappa shape index (κ2) is 37.8. The maximum Gasteiger partial charge on any atom is 0.318 e.